The maximum Gasteiger partial charge on any atom is 0.407 e. The molecule has 1 N–H and O–H groups in total. The van der Waals surface area contributed by atoms with Crippen LogP contribution < -0.4 is 5.32 Å². The highest BCUT2D eigenvalue weighted by molar-refractivity contribution is 5.79. The normalized spacial score (nSPS) is 10.3. The molecule has 0 aliphatic rings. The summed E-state index contributed by atoms with van der Waals surface area (Å²) in [5, 5.41) is 2.63. The lowest BCUT2D eigenvalue weighted by Gasteiger charge is -2.19. The van der Waals surface area contributed by atoms with Crippen LogP contribution in [0.25, 0.3) is 0 Å². The molecule has 4 heteroatoms. The fraction of sp³-hybridized carbons (Fsp3) is 0.412. The molecule has 0 heterocycles. The summed E-state index contributed by atoms with van der Waals surface area (Å²) >= 11 is 0. The average Bonchev–Trinajstić information content (AvgIpc) is 2.37. The van der Waals surface area contributed by atoms with Gasteiger partial charge in [-0.15, -0.1) is 0 Å². The van der Waals surface area contributed by atoms with Crippen molar-refractivity contribution in [3.05, 3.63) is 34.9 Å². The molecule has 0 fully saturated rings. The molecule has 0 aromatic heterocycles. The monoisotopic (exact) mass is 287 g/mol. The highest BCUT2D eigenvalue weighted by Gasteiger charge is 2.15. The van der Waals surface area contributed by atoms with Crippen molar-refractivity contribution in [1.29, 1.82) is 0 Å². The first kappa shape index (κ1) is 16.8. The fourth-order valence-electron chi connectivity index (χ4n) is 1.59. The first-order chi connectivity index (χ1) is 9.81. The Morgan fingerprint density at radius 2 is 2.10 bits per heavy atom. The summed E-state index contributed by atoms with van der Waals surface area (Å²) in [6.07, 6.45) is 0.842. The summed E-state index contributed by atoms with van der Waals surface area (Å²) in [6, 6.07) is 5.54. The molecule has 112 valence electrons. The zero-order valence-corrected chi connectivity index (χ0v) is 12.9. The van der Waals surface area contributed by atoms with Gasteiger partial charge in [-0.3, -0.25) is 4.79 Å². The molecule has 21 heavy (non-hydrogen) atoms. The lowest BCUT2D eigenvalue weighted by Crippen LogP contribution is -2.32. The van der Waals surface area contributed by atoms with Gasteiger partial charge in [-0.2, -0.15) is 0 Å². The largest absolute Gasteiger partial charge is 0.444 e. The second kappa shape index (κ2) is 7.49. The topological polar surface area (TPSA) is 55.4 Å². The van der Waals surface area contributed by atoms with Gasteiger partial charge in [0.05, 0.1) is 0 Å². The minimum absolute atomic E-state index is 0.407. The highest BCUT2D eigenvalue weighted by atomic mass is 16.6. The molecular weight excluding hydrogens is 266 g/mol. The predicted molar refractivity (Wildman–Crippen MR) is 82.3 cm³/mol. The second-order valence-electron chi connectivity index (χ2n) is 5.69. The number of ether oxygens (including phenoxy) is 1. The number of benzene rings is 1. The molecule has 0 atom stereocenters. The van der Waals surface area contributed by atoms with Crippen LogP contribution in [-0.4, -0.2) is 24.5 Å². The van der Waals surface area contributed by atoms with Crippen molar-refractivity contribution in [2.75, 3.05) is 6.54 Å². The molecule has 1 aromatic carbocycles. The third-order valence-electron chi connectivity index (χ3n) is 2.48. The molecule has 0 bridgehead atoms. The standard InChI is InChI=1S/C17H21NO3/c1-13-8-9-14(15(11-13)12-19)7-5-6-10-18-16(20)21-17(2,3)4/h8-9,11-12H,6,10H2,1-4H3,(H,18,20). The van der Waals surface area contributed by atoms with Crippen LogP contribution in [0.1, 0.15) is 48.7 Å². The van der Waals surface area contributed by atoms with Gasteiger partial charge in [0.25, 0.3) is 0 Å². The van der Waals surface area contributed by atoms with E-state index in [1.54, 1.807) is 6.07 Å². The zero-order valence-electron chi connectivity index (χ0n) is 12.9. The van der Waals surface area contributed by atoms with E-state index in [0.717, 1.165) is 11.8 Å². The summed E-state index contributed by atoms with van der Waals surface area (Å²) in [5.74, 6) is 5.87. The number of carbonyl (C=O) groups is 2. The minimum atomic E-state index is -0.503. The molecule has 0 aliphatic carbocycles. The van der Waals surface area contributed by atoms with Crippen LogP contribution in [0.15, 0.2) is 18.2 Å². The Kier molecular flexibility index (Phi) is 5.98. The van der Waals surface area contributed by atoms with Crippen LogP contribution in [0, 0.1) is 18.8 Å². The van der Waals surface area contributed by atoms with Crippen molar-refractivity contribution < 1.29 is 14.3 Å². The van der Waals surface area contributed by atoms with Gasteiger partial charge in [0.2, 0.25) is 0 Å². The summed E-state index contributed by atoms with van der Waals surface area (Å²) in [4.78, 5) is 22.4. The first-order valence-electron chi connectivity index (χ1n) is 6.83. The maximum absolute atomic E-state index is 11.4. The Bertz CT molecular complexity index is 574. The van der Waals surface area contributed by atoms with Crippen LogP contribution in [-0.2, 0) is 4.74 Å². The molecule has 0 saturated carbocycles. The van der Waals surface area contributed by atoms with Crippen molar-refractivity contribution >= 4 is 12.4 Å². The van der Waals surface area contributed by atoms with Crippen molar-refractivity contribution in [1.82, 2.24) is 5.32 Å². The Labute approximate surface area is 125 Å². The number of amides is 1. The van der Waals surface area contributed by atoms with Gasteiger partial charge >= 0.3 is 6.09 Å². The smallest absolute Gasteiger partial charge is 0.407 e. The van der Waals surface area contributed by atoms with Crippen LogP contribution in [0.5, 0.6) is 0 Å². The number of nitrogens with one attached hydrogen (secondary N) is 1. The summed E-state index contributed by atoms with van der Waals surface area (Å²) < 4.78 is 5.11. The number of hydrogen-bond donors (Lipinski definition) is 1. The van der Waals surface area contributed by atoms with Crippen molar-refractivity contribution in [3.63, 3.8) is 0 Å². The summed E-state index contributed by atoms with van der Waals surface area (Å²) in [6.45, 7) is 7.76. The van der Waals surface area contributed by atoms with E-state index in [-0.39, 0.29) is 0 Å². The number of hydrogen-bond acceptors (Lipinski definition) is 3. The first-order valence-corrected chi connectivity index (χ1v) is 6.83. The van der Waals surface area contributed by atoms with Crippen LogP contribution in [0.2, 0.25) is 0 Å². The lowest BCUT2D eigenvalue weighted by molar-refractivity contribution is 0.0529. The van der Waals surface area contributed by atoms with E-state index in [0.29, 0.717) is 24.1 Å². The molecular formula is C17H21NO3. The van der Waals surface area contributed by atoms with Crippen molar-refractivity contribution in [3.8, 4) is 11.8 Å². The number of carbonyl (C=O) groups excluding carboxylic acids is 2. The molecule has 1 aromatic rings. The molecule has 0 radical (unpaired) electrons. The minimum Gasteiger partial charge on any atom is -0.444 e. The molecule has 4 nitrogen and oxygen atoms in total. The van der Waals surface area contributed by atoms with E-state index < -0.39 is 11.7 Å². The number of aryl methyl sites for hydroxylation is 1. The van der Waals surface area contributed by atoms with Crippen LogP contribution in [0.3, 0.4) is 0 Å². The number of aldehydes is 1. The highest BCUT2D eigenvalue weighted by Crippen LogP contribution is 2.08. The number of rotatable bonds is 3. The Hall–Kier alpha value is -2.28. The van der Waals surface area contributed by atoms with Gasteiger partial charge in [0, 0.05) is 24.1 Å². The quantitative estimate of drug-likeness (QED) is 0.528. The lowest BCUT2D eigenvalue weighted by atomic mass is 10.1. The van der Waals surface area contributed by atoms with Crippen molar-refractivity contribution in [2.24, 2.45) is 0 Å². The van der Waals surface area contributed by atoms with Crippen LogP contribution >= 0.6 is 0 Å². The predicted octanol–water partition coefficient (Wildman–Crippen LogP) is 3.07. The van der Waals surface area contributed by atoms with Gasteiger partial charge in [-0.1, -0.05) is 23.5 Å². The van der Waals surface area contributed by atoms with E-state index in [1.165, 1.54) is 0 Å². The maximum atomic E-state index is 11.4. The Morgan fingerprint density at radius 3 is 2.71 bits per heavy atom. The van der Waals surface area contributed by atoms with E-state index >= 15 is 0 Å². The second-order valence-corrected chi connectivity index (χ2v) is 5.69. The van der Waals surface area contributed by atoms with E-state index in [9.17, 15) is 9.59 Å². The molecule has 0 saturated heterocycles. The van der Waals surface area contributed by atoms with Gasteiger partial charge in [0.1, 0.15) is 5.60 Å². The third-order valence-corrected chi connectivity index (χ3v) is 2.48. The van der Waals surface area contributed by atoms with Gasteiger partial charge < -0.3 is 10.1 Å². The van der Waals surface area contributed by atoms with Gasteiger partial charge in [-0.05, 0) is 39.8 Å². The Balaban J connectivity index is 2.47. The fourth-order valence-corrected chi connectivity index (χ4v) is 1.59. The van der Waals surface area contributed by atoms with E-state index in [1.807, 2.05) is 39.8 Å². The van der Waals surface area contributed by atoms with E-state index in [4.69, 9.17) is 4.74 Å². The third kappa shape index (κ3) is 6.62. The average molecular weight is 287 g/mol. The molecule has 0 aliphatic heterocycles. The molecule has 1 rings (SSSR count). The number of alkyl carbamates (subject to hydrolysis) is 1. The van der Waals surface area contributed by atoms with Crippen molar-refractivity contribution in [2.45, 2.75) is 39.7 Å². The van der Waals surface area contributed by atoms with Gasteiger partial charge in [0.15, 0.2) is 6.29 Å². The zero-order chi connectivity index (χ0) is 15.9. The summed E-state index contributed by atoms with van der Waals surface area (Å²) in [7, 11) is 0. The molecule has 0 unspecified atom stereocenters. The Morgan fingerprint density at radius 1 is 1.38 bits per heavy atom. The molecule has 0 spiro atoms. The SMILES string of the molecule is Cc1ccc(C#CCCNC(=O)OC(C)(C)C)c(C=O)c1. The molecule has 1 amide bonds. The van der Waals surface area contributed by atoms with Crippen LogP contribution in [0.4, 0.5) is 4.79 Å². The van der Waals surface area contributed by atoms with Gasteiger partial charge in [-0.25, -0.2) is 4.79 Å². The summed E-state index contributed by atoms with van der Waals surface area (Å²) in [5.41, 5.74) is 1.81. The van der Waals surface area contributed by atoms with E-state index in [2.05, 4.69) is 17.2 Å².